The van der Waals surface area contributed by atoms with Crippen molar-refractivity contribution in [2.24, 2.45) is 0 Å². The van der Waals surface area contributed by atoms with Crippen LogP contribution in [-0.2, 0) is 0 Å². The van der Waals surface area contributed by atoms with E-state index in [1.54, 1.807) is 0 Å². The first kappa shape index (κ1) is 8.46. The highest BCUT2D eigenvalue weighted by Gasteiger charge is 2.02. The van der Waals surface area contributed by atoms with Crippen LogP contribution >= 0.6 is 51.3 Å². The average Bonchev–Trinajstić information content (AvgIpc) is 1.82. The van der Waals surface area contributed by atoms with Gasteiger partial charge in [0.05, 0.1) is 4.47 Å². The first-order valence-corrected chi connectivity index (χ1v) is 4.18. The summed E-state index contributed by atoms with van der Waals surface area (Å²) >= 11 is 19.0. The molecule has 0 bridgehead atoms. The van der Waals surface area contributed by atoms with Crippen LogP contribution in [0.5, 0.6) is 0 Å². The molecule has 0 aliphatic rings. The molecule has 1 rings (SSSR count). The molecule has 0 fully saturated rings. The van der Waals surface area contributed by atoms with Gasteiger partial charge in [0.2, 0.25) is 0 Å². The van der Waals surface area contributed by atoms with E-state index in [1.807, 2.05) is 0 Å². The van der Waals surface area contributed by atoms with E-state index in [9.17, 15) is 0 Å². The number of aromatic amines is 1. The molecular formula is C4HBrCl2N2S. The predicted molar refractivity (Wildman–Crippen MR) is 47.1 cm³/mol. The minimum absolute atomic E-state index is 0.272. The van der Waals surface area contributed by atoms with Crippen LogP contribution in [0.2, 0.25) is 10.3 Å². The summed E-state index contributed by atoms with van der Waals surface area (Å²) < 4.78 is 0.808. The Morgan fingerprint density at radius 3 is 2.60 bits per heavy atom. The molecule has 10 heavy (non-hydrogen) atoms. The minimum atomic E-state index is 0.272. The fraction of sp³-hybridized carbons (Fsp3) is 0. The SMILES string of the molecule is S=c1nc(Cl)c(Br)c(Cl)[nH]1. The molecule has 1 aromatic heterocycles. The lowest BCUT2D eigenvalue weighted by molar-refractivity contribution is 1.12. The molecule has 0 amide bonds. The molecule has 1 aromatic rings. The van der Waals surface area contributed by atoms with Gasteiger partial charge in [-0.3, -0.25) is 0 Å². The summed E-state index contributed by atoms with van der Waals surface area (Å²) in [5.74, 6) is 0. The van der Waals surface area contributed by atoms with Crippen molar-refractivity contribution < 1.29 is 0 Å². The Kier molecular flexibility index (Phi) is 2.68. The highest BCUT2D eigenvalue weighted by Crippen LogP contribution is 2.25. The number of hydrogen-bond acceptors (Lipinski definition) is 2. The van der Waals surface area contributed by atoms with Crippen LogP contribution in [0.25, 0.3) is 0 Å². The lowest BCUT2D eigenvalue weighted by Gasteiger charge is -1.95. The van der Waals surface area contributed by atoms with E-state index in [0.717, 1.165) is 0 Å². The molecule has 0 saturated carbocycles. The van der Waals surface area contributed by atoms with Crippen molar-refractivity contribution in [3.05, 3.63) is 19.6 Å². The second-order valence-corrected chi connectivity index (χ2v) is 3.38. The molecule has 0 saturated heterocycles. The average molecular weight is 260 g/mol. The lowest BCUT2D eigenvalue weighted by Crippen LogP contribution is -1.84. The zero-order valence-corrected chi connectivity index (χ0v) is 8.40. The van der Waals surface area contributed by atoms with Crippen molar-refractivity contribution in [3.8, 4) is 0 Å². The Balaban J connectivity index is 3.46. The van der Waals surface area contributed by atoms with Crippen LogP contribution < -0.4 is 0 Å². The molecule has 1 heterocycles. The summed E-state index contributed by atoms with van der Waals surface area (Å²) in [4.78, 5) is 6.34. The zero-order valence-electron chi connectivity index (χ0n) is 4.49. The summed E-state index contributed by atoms with van der Waals surface area (Å²) in [6.45, 7) is 0. The first-order valence-electron chi connectivity index (χ1n) is 2.22. The van der Waals surface area contributed by atoms with E-state index in [-0.39, 0.29) is 9.92 Å². The molecule has 0 aromatic carbocycles. The van der Waals surface area contributed by atoms with E-state index < -0.39 is 0 Å². The number of aromatic nitrogens is 2. The third-order valence-corrected chi connectivity index (χ3v) is 2.77. The molecule has 6 heteroatoms. The van der Waals surface area contributed by atoms with Gasteiger partial charge in [0, 0.05) is 0 Å². The van der Waals surface area contributed by atoms with Crippen molar-refractivity contribution in [2.75, 3.05) is 0 Å². The quantitative estimate of drug-likeness (QED) is 0.573. The van der Waals surface area contributed by atoms with Crippen molar-refractivity contribution >= 4 is 51.3 Å². The van der Waals surface area contributed by atoms with Crippen molar-refractivity contribution in [3.63, 3.8) is 0 Å². The van der Waals surface area contributed by atoms with Gasteiger partial charge in [-0.1, -0.05) is 23.2 Å². The third kappa shape index (κ3) is 1.69. The number of nitrogens with one attached hydrogen (secondary N) is 1. The summed E-state index contributed by atoms with van der Waals surface area (Å²) in [6.07, 6.45) is 0. The molecule has 0 aliphatic carbocycles. The zero-order chi connectivity index (χ0) is 7.72. The molecular weight excluding hydrogens is 259 g/mol. The first-order chi connectivity index (χ1) is 4.61. The second kappa shape index (κ2) is 3.17. The number of hydrogen-bond donors (Lipinski definition) is 1. The van der Waals surface area contributed by atoms with Crippen molar-refractivity contribution in [1.82, 2.24) is 9.97 Å². The molecule has 0 spiro atoms. The van der Waals surface area contributed by atoms with Gasteiger partial charge in [-0.15, -0.1) is 0 Å². The van der Waals surface area contributed by atoms with Gasteiger partial charge in [-0.05, 0) is 28.1 Å². The summed E-state index contributed by atoms with van der Waals surface area (Å²) in [5.41, 5.74) is 0. The molecule has 2 nitrogen and oxygen atoms in total. The fourth-order valence-corrected chi connectivity index (χ4v) is 1.30. The van der Waals surface area contributed by atoms with Crippen LogP contribution in [0, 0.1) is 4.77 Å². The molecule has 0 aliphatic heterocycles. The number of nitrogens with zero attached hydrogens (tertiary/aromatic N) is 1. The van der Waals surface area contributed by atoms with Gasteiger partial charge in [-0.2, -0.15) is 0 Å². The predicted octanol–water partition coefficient (Wildman–Crippen LogP) is 3.21. The Morgan fingerprint density at radius 2 is 2.10 bits per heavy atom. The van der Waals surface area contributed by atoms with Gasteiger partial charge >= 0.3 is 0 Å². The Hall–Kier alpha value is 0.360. The monoisotopic (exact) mass is 258 g/mol. The molecule has 0 unspecified atom stereocenters. The topological polar surface area (TPSA) is 28.7 Å². The van der Waals surface area contributed by atoms with Gasteiger partial charge in [0.15, 0.2) is 4.77 Å². The van der Waals surface area contributed by atoms with E-state index in [1.165, 1.54) is 0 Å². The maximum absolute atomic E-state index is 5.63. The van der Waals surface area contributed by atoms with Crippen LogP contribution in [-0.4, -0.2) is 9.97 Å². The van der Waals surface area contributed by atoms with Gasteiger partial charge in [0.1, 0.15) is 10.3 Å². The van der Waals surface area contributed by atoms with Gasteiger partial charge in [-0.25, -0.2) is 4.98 Å². The van der Waals surface area contributed by atoms with Crippen LogP contribution in [0.15, 0.2) is 4.47 Å². The number of rotatable bonds is 0. The Bertz CT molecular complexity index is 284. The minimum Gasteiger partial charge on any atom is -0.320 e. The summed E-state index contributed by atoms with van der Waals surface area (Å²) in [6, 6.07) is 0. The van der Waals surface area contributed by atoms with E-state index >= 15 is 0 Å². The number of H-pyrrole nitrogens is 1. The van der Waals surface area contributed by atoms with E-state index in [0.29, 0.717) is 9.63 Å². The highest BCUT2D eigenvalue weighted by atomic mass is 79.9. The van der Waals surface area contributed by atoms with Crippen LogP contribution in [0.4, 0.5) is 0 Å². The maximum Gasteiger partial charge on any atom is 0.199 e. The normalized spacial score (nSPS) is 9.90. The van der Waals surface area contributed by atoms with Gasteiger partial charge < -0.3 is 4.98 Å². The summed E-state index contributed by atoms with van der Waals surface area (Å²) in [7, 11) is 0. The van der Waals surface area contributed by atoms with Crippen molar-refractivity contribution in [1.29, 1.82) is 0 Å². The number of halogens is 3. The molecule has 54 valence electrons. The van der Waals surface area contributed by atoms with E-state index in [2.05, 4.69) is 25.9 Å². The largest absolute Gasteiger partial charge is 0.320 e. The lowest BCUT2D eigenvalue weighted by atomic mass is 10.7. The molecule has 0 radical (unpaired) electrons. The standard InChI is InChI=1S/C4HBrCl2N2S/c5-1-2(6)8-4(10)9-3(1)7/h(H,8,9,10). The van der Waals surface area contributed by atoms with Gasteiger partial charge in [0.25, 0.3) is 0 Å². The van der Waals surface area contributed by atoms with Crippen LogP contribution in [0.1, 0.15) is 0 Å². The van der Waals surface area contributed by atoms with Crippen LogP contribution in [0.3, 0.4) is 0 Å². The second-order valence-electron chi connectivity index (χ2n) is 1.46. The Morgan fingerprint density at radius 1 is 1.50 bits per heavy atom. The molecule has 0 atom stereocenters. The highest BCUT2D eigenvalue weighted by molar-refractivity contribution is 9.10. The van der Waals surface area contributed by atoms with Crippen molar-refractivity contribution in [2.45, 2.75) is 0 Å². The third-order valence-electron chi connectivity index (χ3n) is 0.790. The Labute approximate surface area is 80.7 Å². The smallest absolute Gasteiger partial charge is 0.199 e. The maximum atomic E-state index is 5.63. The molecule has 1 N–H and O–H groups in total. The fourth-order valence-electron chi connectivity index (χ4n) is 0.405. The van der Waals surface area contributed by atoms with E-state index in [4.69, 9.17) is 35.4 Å². The summed E-state index contributed by atoms with van der Waals surface area (Å²) in [5, 5.41) is 0.638.